The van der Waals surface area contributed by atoms with E-state index in [-0.39, 0.29) is 10.8 Å². The SMILES string of the molecule is C[C@@H]1C[C@H](C)CN(S(=O)(=O)c2ccc(C(=O)Nc3nc4c(Br)cccc4s3)cc2)C1. The van der Waals surface area contributed by atoms with Gasteiger partial charge < -0.3 is 0 Å². The van der Waals surface area contributed by atoms with Gasteiger partial charge in [0.05, 0.1) is 15.1 Å². The minimum absolute atomic E-state index is 0.212. The summed E-state index contributed by atoms with van der Waals surface area (Å²) in [6.07, 6.45) is 1.04. The Morgan fingerprint density at radius 1 is 1.13 bits per heavy atom. The van der Waals surface area contributed by atoms with Crippen LogP contribution in [0.2, 0.25) is 0 Å². The standard InChI is InChI=1S/C21H22BrN3O3S2/c1-13-10-14(2)12-25(11-13)30(27,28)16-8-6-15(7-9-16)20(26)24-21-23-19-17(22)4-3-5-18(19)29-21/h3-9,13-14H,10-12H2,1-2H3,(H,23,24,26)/t13-,14+. The Labute approximate surface area is 188 Å². The zero-order valence-corrected chi connectivity index (χ0v) is 19.9. The van der Waals surface area contributed by atoms with Crippen molar-refractivity contribution in [1.82, 2.24) is 9.29 Å². The predicted molar refractivity (Wildman–Crippen MR) is 123 cm³/mol. The van der Waals surface area contributed by atoms with E-state index in [4.69, 9.17) is 0 Å². The van der Waals surface area contributed by atoms with Gasteiger partial charge in [0.1, 0.15) is 0 Å². The quantitative estimate of drug-likeness (QED) is 0.539. The largest absolute Gasteiger partial charge is 0.298 e. The van der Waals surface area contributed by atoms with E-state index in [1.165, 1.54) is 23.5 Å². The second kappa shape index (κ2) is 8.37. The molecule has 0 aliphatic carbocycles. The lowest BCUT2D eigenvalue weighted by molar-refractivity contribution is 0.102. The lowest BCUT2D eigenvalue weighted by atomic mass is 9.94. The van der Waals surface area contributed by atoms with Crippen LogP contribution < -0.4 is 5.32 Å². The van der Waals surface area contributed by atoms with E-state index in [1.54, 1.807) is 16.4 Å². The molecule has 0 spiro atoms. The normalized spacial score (nSPS) is 20.4. The summed E-state index contributed by atoms with van der Waals surface area (Å²) < 4.78 is 29.4. The second-order valence-corrected chi connectivity index (χ2v) is 11.7. The number of fused-ring (bicyclic) bond motifs is 1. The van der Waals surface area contributed by atoms with Crippen molar-refractivity contribution in [3.63, 3.8) is 0 Å². The van der Waals surface area contributed by atoms with Gasteiger partial charge in [-0.25, -0.2) is 13.4 Å². The summed E-state index contributed by atoms with van der Waals surface area (Å²) >= 11 is 4.84. The maximum absolute atomic E-state index is 13.0. The Kier molecular flexibility index (Phi) is 5.98. The van der Waals surface area contributed by atoms with Gasteiger partial charge in [-0.05, 0) is 70.6 Å². The fourth-order valence-corrected chi connectivity index (χ4v) is 7.02. The molecule has 2 heterocycles. The molecule has 6 nitrogen and oxygen atoms in total. The Morgan fingerprint density at radius 3 is 2.43 bits per heavy atom. The molecule has 1 aliphatic rings. The van der Waals surface area contributed by atoms with Crippen LogP contribution in [0.4, 0.5) is 5.13 Å². The van der Waals surface area contributed by atoms with E-state index in [2.05, 4.69) is 40.1 Å². The van der Waals surface area contributed by atoms with E-state index in [1.807, 2.05) is 18.2 Å². The summed E-state index contributed by atoms with van der Waals surface area (Å²) in [6, 6.07) is 11.8. The summed E-state index contributed by atoms with van der Waals surface area (Å²) in [5.74, 6) is 0.346. The average Bonchev–Trinajstić information content (AvgIpc) is 3.11. The summed E-state index contributed by atoms with van der Waals surface area (Å²) in [7, 11) is -3.57. The number of benzene rings is 2. The van der Waals surface area contributed by atoms with E-state index in [0.29, 0.717) is 35.6 Å². The summed E-state index contributed by atoms with van der Waals surface area (Å²) in [4.78, 5) is 17.3. The van der Waals surface area contributed by atoms with Gasteiger partial charge in [-0.2, -0.15) is 4.31 Å². The van der Waals surface area contributed by atoms with Crippen molar-refractivity contribution in [3.05, 3.63) is 52.5 Å². The highest BCUT2D eigenvalue weighted by atomic mass is 79.9. The molecule has 0 radical (unpaired) electrons. The topological polar surface area (TPSA) is 79.4 Å². The molecule has 2 atom stereocenters. The van der Waals surface area contributed by atoms with Crippen molar-refractivity contribution in [3.8, 4) is 0 Å². The molecule has 1 N–H and O–H groups in total. The van der Waals surface area contributed by atoms with Gasteiger partial charge in [-0.1, -0.05) is 31.3 Å². The molecular formula is C21H22BrN3O3S2. The Hall–Kier alpha value is -1.81. The molecule has 1 saturated heterocycles. The molecule has 30 heavy (non-hydrogen) atoms. The maximum atomic E-state index is 13.0. The van der Waals surface area contributed by atoms with Crippen LogP contribution in [0.25, 0.3) is 10.2 Å². The average molecular weight is 508 g/mol. The van der Waals surface area contributed by atoms with Gasteiger partial charge in [0, 0.05) is 23.1 Å². The van der Waals surface area contributed by atoms with E-state index in [0.717, 1.165) is 21.1 Å². The third-order valence-electron chi connectivity index (χ3n) is 5.18. The molecule has 9 heteroatoms. The lowest BCUT2D eigenvalue weighted by Crippen LogP contribution is -2.42. The number of hydrogen-bond acceptors (Lipinski definition) is 5. The second-order valence-electron chi connectivity index (χ2n) is 7.85. The van der Waals surface area contributed by atoms with Crippen molar-refractivity contribution in [2.75, 3.05) is 18.4 Å². The number of thiazole rings is 1. The number of carbonyl (C=O) groups is 1. The van der Waals surface area contributed by atoms with Crippen LogP contribution in [0.3, 0.4) is 0 Å². The van der Waals surface area contributed by atoms with Crippen LogP contribution in [0.1, 0.15) is 30.6 Å². The highest BCUT2D eigenvalue weighted by molar-refractivity contribution is 9.10. The molecule has 1 aromatic heterocycles. The van der Waals surface area contributed by atoms with Crippen molar-refractivity contribution < 1.29 is 13.2 Å². The third kappa shape index (κ3) is 4.30. The molecule has 1 amide bonds. The number of hydrogen-bond donors (Lipinski definition) is 1. The molecule has 1 aliphatic heterocycles. The van der Waals surface area contributed by atoms with Crippen molar-refractivity contribution in [2.45, 2.75) is 25.2 Å². The lowest BCUT2D eigenvalue weighted by Gasteiger charge is -2.34. The van der Waals surface area contributed by atoms with Crippen LogP contribution in [0.15, 0.2) is 51.8 Å². The first-order valence-electron chi connectivity index (χ1n) is 9.70. The van der Waals surface area contributed by atoms with Gasteiger partial charge in [0.15, 0.2) is 5.13 Å². The zero-order chi connectivity index (χ0) is 21.5. The fourth-order valence-electron chi connectivity index (χ4n) is 3.87. The van der Waals surface area contributed by atoms with Gasteiger partial charge in [-0.15, -0.1) is 0 Å². The van der Waals surface area contributed by atoms with Crippen LogP contribution in [-0.4, -0.2) is 36.7 Å². The molecule has 0 saturated carbocycles. The van der Waals surface area contributed by atoms with Gasteiger partial charge >= 0.3 is 0 Å². The van der Waals surface area contributed by atoms with Crippen molar-refractivity contribution in [2.24, 2.45) is 11.8 Å². The van der Waals surface area contributed by atoms with Crippen LogP contribution in [0.5, 0.6) is 0 Å². The minimum atomic E-state index is -3.57. The summed E-state index contributed by atoms with van der Waals surface area (Å²) in [6.45, 7) is 5.21. The van der Waals surface area contributed by atoms with E-state index < -0.39 is 10.0 Å². The minimum Gasteiger partial charge on any atom is -0.298 e. The van der Waals surface area contributed by atoms with Crippen molar-refractivity contribution >= 4 is 58.5 Å². The third-order valence-corrected chi connectivity index (χ3v) is 8.60. The highest BCUT2D eigenvalue weighted by Crippen LogP contribution is 2.31. The summed E-state index contributed by atoms with van der Waals surface area (Å²) in [5.41, 5.74) is 1.18. The van der Waals surface area contributed by atoms with Crippen LogP contribution >= 0.6 is 27.3 Å². The van der Waals surface area contributed by atoms with Crippen LogP contribution in [-0.2, 0) is 10.0 Å². The Balaban J connectivity index is 1.51. The number of rotatable bonds is 4. The number of nitrogens with one attached hydrogen (secondary N) is 1. The first kappa shape index (κ1) is 21.4. The number of carbonyl (C=O) groups excluding carboxylic acids is 1. The smallest absolute Gasteiger partial charge is 0.257 e. The number of halogens is 1. The van der Waals surface area contributed by atoms with Gasteiger partial charge in [0.2, 0.25) is 10.0 Å². The number of amides is 1. The monoisotopic (exact) mass is 507 g/mol. The van der Waals surface area contributed by atoms with E-state index in [9.17, 15) is 13.2 Å². The molecule has 4 rings (SSSR count). The molecular weight excluding hydrogens is 486 g/mol. The number of anilines is 1. The van der Waals surface area contributed by atoms with Crippen molar-refractivity contribution in [1.29, 1.82) is 0 Å². The number of piperidine rings is 1. The molecule has 2 aromatic carbocycles. The zero-order valence-electron chi connectivity index (χ0n) is 16.6. The Morgan fingerprint density at radius 2 is 1.80 bits per heavy atom. The highest BCUT2D eigenvalue weighted by Gasteiger charge is 2.31. The predicted octanol–water partition coefficient (Wildman–Crippen LogP) is 4.98. The van der Waals surface area contributed by atoms with E-state index >= 15 is 0 Å². The molecule has 1 fully saturated rings. The first-order valence-corrected chi connectivity index (χ1v) is 12.8. The number of aromatic nitrogens is 1. The maximum Gasteiger partial charge on any atom is 0.257 e. The van der Waals surface area contributed by atoms with Crippen LogP contribution in [0, 0.1) is 11.8 Å². The Bertz CT molecular complexity index is 1180. The molecule has 158 valence electrons. The summed E-state index contributed by atoms with van der Waals surface area (Å²) in [5, 5.41) is 3.29. The fraction of sp³-hybridized carbons (Fsp3) is 0.333. The van der Waals surface area contributed by atoms with Gasteiger partial charge in [-0.3, -0.25) is 10.1 Å². The molecule has 0 bridgehead atoms. The first-order chi connectivity index (χ1) is 14.2. The number of nitrogens with zero attached hydrogens (tertiary/aromatic N) is 2. The number of para-hydroxylation sites is 1. The molecule has 0 unspecified atom stereocenters. The van der Waals surface area contributed by atoms with Gasteiger partial charge in [0.25, 0.3) is 5.91 Å². The molecule has 3 aromatic rings. The number of sulfonamides is 1.